The average Bonchev–Trinajstić information content (AvgIpc) is 2.44. The van der Waals surface area contributed by atoms with Crippen LogP contribution in [0.3, 0.4) is 0 Å². The van der Waals surface area contributed by atoms with Crippen LogP contribution in [0.5, 0.6) is 5.75 Å². The third kappa shape index (κ3) is 6.78. The van der Waals surface area contributed by atoms with Crippen molar-refractivity contribution >= 4 is 15.9 Å². The van der Waals surface area contributed by atoms with Crippen LogP contribution in [-0.4, -0.2) is 39.6 Å². The van der Waals surface area contributed by atoms with Gasteiger partial charge in [-0.2, -0.15) is 0 Å². The Hall–Kier alpha value is -0.620. The monoisotopic (exact) mass is 359 g/mol. The first-order valence-corrected chi connectivity index (χ1v) is 8.11. The highest BCUT2D eigenvalue weighted by Crippen LogP contribution is 2.29. The van der Waals surface area contributed by atoms with E-state index in [1.807, 2.05) is 6.92 Å². The van der Waals surface area contributed by atoms with Crippen molar-refractivity contribution < 1.29 is 14.2 Å². The Balaban J connectivity index is 2.62. The molecule has 2 N–H and O–H groups in total. The SMILES string of the molecule is CCC(N)Cc1cc(Br)cc(C)c1OCCOCCOC. The first-order chi connectivity index (χ1) is 10.1. The molecule has 0 spiro atoms. The topological polar surface area (TPSA) is 53.7 Å². The van der Waals surface area contributed by atoms with Gasteiger partial charge in [0.2, 0.25) is 0 Å². The summed E-state index contributed by atoms with van der Waals surface area (Å²) in [6, 6.07) is 4.30. The predicted octanol–water partition coefficient (Wildman–Crippen LogP) is 3.08. The Morgan fingerprint density at radius 1 is 1.19 bits per heavy atom. The van der Waals surface area contributed by atoms with E-state index in [1.54, 1.807) is 7.11 Å². The van der Waals surface area contributed by atoms with E-state index in [2.05, 4.69) is 35.0 Å². The minimum absolute atomic E-state index is 0.152. The summed E-state index contributed by atoms with van der Waals surface area (Å²) < 4.78 is 17.3. The van der Waals surface area contributed by atoms with E-state index in [0.29, 0.717) is 26.4 Å². The van der Waals surface area contributed by atoms with Crippen LogP contribution in [0.15, 0.2) is 16.6 Å². The van der Waals surface area contributed by atoms with Crippen LogP contribution in [0.2, 0.25) is 0 Å². The van der Waals surface area contributed by atoms with Crippen LogP contribution in [0, 0.1) is 6.92 Å². The first kappa shape index (κ1) is 18.4. The Morgan fingerprint density at radius 2 is 1.90 bits per heavy atom. The number of hydrogen-bond donors (Lipinski definition) is 1. The molecule has 0 radical (unpaired) electrons. The number of ether oxygens (including phenoxy) is 3. The van der Waals surface area contributed by atoms with E-state index in [4.69, 9.17) is 19.9 Å². The molecule has 0 fully saturated rings. The molecule has 21 heavy (non-hydrogen) atoms. The molecule has 0 aliphatic rings. The maximum absolute atomic E-state index is 6.07. The van der Waals surface area contributed by atoms with Crippen LogP contribution in [0.25, 0.3) is 0 Å². The normalized spacial score (nSPS) is 12.4. The summed E-state index contributed by atoms with van der Waals surface area (Å²) >= 11 is 3.53. The molecule has 0 saturated carbocycles. The molecular formula is C16H26BrNO3. The highest BCUT2D eigenvalue weighted by molar-refractivity contribution is 9.10. The molecule has 1 rings (SSSR count). The van der Waals surface area contributed by atoms with Crippen LogP contribution in [-0.2, 0) is 15.9 Å². The quantitative estimate of drug-likeness (QED) is 0.652. The van der Waals surface area contributed by atoms with Gasteiger partial charge in [0.05, 0.1) is 19.8 Å². The predicted molar refractivity (Wildman–Crippen MR) is 89.0 cm³/mol. The van der Waals surface area contributed by atoms with Gasteiger partial charge < -0.3 is 19.9 Å². The van der Waals surface area contributed by atoms with E-state index in [-0.39, 0.29) is 6.04 Å². The molecular weight excluding hydrogens is 334 g/mol. The van der Waals surface area contributed by atoms with Gasteiger partial charge in [0.25, 0.3) is 0 Å². The largest absolute Gasteiger partial charge is 0.491 e. The molecule has 0 bridgehead atoms. The van der Waals surface area contributed by atoms with E-state index in [0.717, 1.165) is 34.2 Å². The number of methoxy groups -OCH3 is 1. The second kappa shape index (κ2) is 10.2. The molecule has 0 aliphatic carbocycles. The smallest absolute Gasteiger partial charge is 0.125 e. The highest BCUT2D eigenvalue weighted by atomic mass is 79.9. The summed E-state index contributed by atoms with van der Waals surface area (Å²) in [5, 5.41) is 0. The van der Waals surface area contributed by atoms with Gasteiger partial charge in [-0.25, -0.2) is 0 Å². The highest BCUT2D eigenvalue weighted by Gasteiger charge is 2.12. The second-order valence-corrected chi connectivity index (χ2v) is 5.95. The fourth-order valence-electron chi connectivity index (χ4n) is 2.03. The van der Waals surface area contributed by atoms with Crippen LogP contribution in [0.4, 0.5) is 0 Å². The van der Waals surface area contributed by atoms with E-state index < -0.39 is 0 Å². The summed E-state index contributed by atoms with van der Waals surface area (Å²) in [7, 11) is 1.66. The molecule has 120 valence electrons. The Morgan fingerprint density at radius 3 is 2.57 bits per heavy atom. The van der Waals surface area contributed by atoms with Gasteiger partial charge in [0, 0.05) is 17.6 Å². The van der Waals surface area contributed by atoms with Crippen LogP contribution >= 0.6 is 15.9 Å². The molecule has 1 atom stereocenters. The maximum atomic E-state index is 6.07. The van der Waals surface area contributed by atoms with Gasteiger partial charge in [-0.05, 0) is 43.0 Å². The number of nitrogens with two attached hydrogens (primary N) is 1. The van der Waals surface area contributed by atoms with Gasteiger partial charge in [0.1, 0.15) is 12.4 Å². The van der Waals surface area contributed by atoms with Crippen LogP contribution in [0.1, 0.15) is 24.5 Å². The molecule has 0 heterocycles. The fraction of sp³-hybridized carbons (Fsp3) is 0.625. The lowest BCUT2D eigenvalue weighted by molar-refractivity contribution is 0.0541. The van der Waals surface area contributed by atoms with E-state index in [9.17, 15) is 0 Å². The Labute approximate surface area is 136 Å². The molecule has 1 aromatic carbocycles. The Bertz CT molecular complexity index is 426. The number of halogens is 1. The van der Waals surface area contributed by atoms with Crippen molar-refractivity contribution in [1.82, 2.24) is 0 Å². The number of benzene rings is 1. The van der Waals surface area contributed by atoms with Crippen molar-refractivity contribution in [2.45, 2.75) is 32.7 Å². The minimum atomic E-state index is 0.152. The number of hydrogen-bond acceptors (Lipinski definition) is 4. The minimum Gasteiger partial charge on any atom is -0.491 e. The standard InChI is InChI=1S/C16H26BrNO3/c1-4-15(18)11-13-10-14(17)9-12(2)16(13)21-8-7-20-6-5-19-3/h9-10,15H,4-8,11,18H2,1-3H3. The second-order valence-electron chi connectivity index (χ2n) is 5.04. The zero-order valence-corrected chi connectivity index (χ0v) is 14.7. The van der Waals surface area contributed by atoms with Crippen LogP contribution < -0.4 is 10.5 Å². The van der Waals surface area contributed by atoms with Crippen molar-refractivity contribution in [2.75, 3.05) is 33.5 Å². The lowest BCUT2D eigenvalue weighted by Crippen LogP contribution is -2.22. The van der Waals surface area contributed by atoms with Gasteiger partial charge in [-0.1, -0.05) is 22.9 Å². The van der Waals surface area contributed by atoms with E-state index in [1.165, 1.54) is 0 Å². The molecule has 4 nitrogen and oxygen atoms in total. The zero-order valence-electron chi connectivity index (χ0n) is 13.2. The van der Waals surface area contributed by atoms with Crippen molar-refractivity contribution in [3.63, 3.8) is 0 Å². The molecule has 0 amide bonds. The molecule has 1 unspecified atom stereocenters. The summed E-state index contributed by atoms with van der Waals surface area (Å²) in [5.41, 5.74) is 8.33. The summed E-state index contributed by atoms with van der Waals surface area (Å²) in [6.45, 7) is 6.42. The molecule has 0 aliphatic heterocycles. The molecule has 0 saturated heterocycles. The van der Waals surface area contributed by atoms with Crippen molar-refractivity contribution in [3.05, 3.63) is 27.7 Å². The van der Waals surface area contributed by atoms with Gasteiger partial charge >= 0.3 is 0 Å². The van der Waals surface area contributed by atoms with Crippen molar-refractivity contribution in [1.29, 1.82) is 0 Å². The van der Waals surface area contributed by atoms with Gasteiger partial charge in [0.15, 0.2) is 0 Å². The third-order valence-corrected chi connectivity index (χ3v) is 3.69. The molecule has 5 heteroatoms. The number of aryl methyl sites for hydroxylation is 1. The molecule has 0 aromatic heterocycles. The van der Waals surface area contributed by atoms with Crippen molar-refractivity contribution in [3.8, 4) is 5.75 Å². The summed E-state index contributed by atoms with van der Waals surface area (Å²) in [4.78, 5) is 0. The summed E-state index contributed by atoms with van der Waals surface area (Å²) in [5.74, 6) is 0.928. The molecule has 1 aromatic rings. The number of rotatable bonds is 10. The van der Waals surface area contributed by atoms with Crippen molar-refractivity contribution in [2.24, 2.45) is 5.73 Å². The first-order valence-electron chi connectivity index (χ1n) is 7.32. The maximum Gasteiger partial charge on any atom is 0.125 e. The van der Waals surface area contributed by atoms with Gasteiger partial charge in [-0.15, -0.1) is 0 Å². The third-order valence-electron chi connectivity index (χ3n) is 3.23. The van der Waals surface area contributed by atoms with E-state index >= 15 is 0 Å². The summed E-state index contributed by atoms with van der Waals surface area (Å²) in [6.07, 6.45) is 1.77. The lowest BCUT2D eigenvalue weighted by Gasteiger charge is -2.17. The zero-order chi connectivity index (χ0) is 15.7. The lowest BCUT2D eigenvalue weighted by atomic mass is 10.0. The van der Waals surface area contributed by atoms with Gasteiger partial charge in [-0.3, -0.25) is 0 Å². The Kier molecular flexibility index (Phi) is 8.92. The fourth-order valence-corrected chi connectivity index (χ4v) is 2.65. The average molecular weight is 360 g/mol.